The van der Waals surface area contributed by atoms with Gasteiger partial charge in [-0.3, -0.25) is 14.4 Å². The minimum absolute atomic E-state index is 0.0678. The van der Waals surface area contributed by atoms with Crippen LogP contribution >= 0.6 is 0 Å². The zero-order valence-electron chi connectivity index (χ0n) is 41.2. The maximum absolute atomic E-state index is 12.8. The van der Waals surface area contributed by atoms with Crippen LogP contribution in [0.2, 0.25) is 0 Å². The van der Waals surface area contributed by atoms with E-state index in [0.29, 0.717) is 19.3 Å². The topological polar surface area (TPSA) is 78.9 Å². The van der Waals surface area contributed by atoms with E-state index in [1.807, 2.05) is 0 Å². The number of rotatable bonds is 50. The molecule has 0 fully saturated rings. The van der Waals surface area contributed by atoms with Gasteiger partial charge in [0.1, 0.15) is 13.2 Å². The zero-order valence-corrected chi connectivity index (χ0v) is 41.2. The van der Waals surface area contributed by atoms with E-state index in [2.05, 4.69) is 32.9 Å². The van der Waals surface area contributed by atoms with Gasteiger partial charge in [0, 0.05) is 19.3 Å². The summed E-state index contributed by atoms with van der Waals surface area (Å²) in [5.74, 6) is -0.857. The van der Waals surface area contributed by atoms with Crippen LogP contribution in [-0.4, -0.2) is 37.2 Å². The van der Waals surface area contributed by atoms with Gasteiger partial charge in [-0.25, -0.2) is 0 Å². The Morgan fingerprint density at radius 2 is 0.541 bits per heavy atom. The Bertz CT molecular complexity index is 947. The minimum Gasteiger partial charge on any atom is -0.462 e. The van der Waals surface area contributed by atoms with Crippen LogP contribution in [0.1, 0.15) is 303 Å². The van der Waals surface area contributed by atoms with Gasteiger partial charge in [-0.2, -0.15) is 0 Å². The lowest BCUT2D eigenvalue weighted by Gasteiger charge is -2.18. The fraction of sp³-hybridized carbons (Fsp3) is 0.909. The highest BCUT2D eigenvalue weighted by Crippen LogP contribution is 2.17. The molecule has 61 heavy (non-hydrogen) atoms. The Morgan fingerprint density at radius 3 is 0.836 bits per heavy atom. The average molecular weight is 861 g/mol. The Hall–Kier alpha value is -1.85. The second-order valence-electron chi connectivity index (χ2n) is 18.5. The van der Waals surface area contributed by atoms with E-state index in [1.54, 1.807) is 0 Å². The third-order valence-corrected chi connectivity index (χ3v) is 12.3. The monoisotopic (exact) mass is 861 g/mol. The molecule has 0 aromatic carbocycles. The van der Waals surface area contributed by atoms with Gasteiger partial charge in [0.25, 0.3) is 0 Å². The van der Waals surface area contributed by atoms with E-state index in [0.717, 1.165) is 64.2 Å². The first kappa shape index (κ1) is 59.1. The van der Waals surface area contributed by atoms with Gasteiger partial charge in [-0.15, -0.1) is 0 Å². The van der Waals surface area contributed by atoms with Gasteiger partial charge in [0.05, 0.1) is 0 Å². The maximum atomic E-state index is 12.8. The molecule has 0 aromatic heterocycles. The predicted octanol–water partition coefficient (Wildman–Crippen LogP) is 17.8. The van der Waals surface area contributed by atoms with Crippen molar-refractivity contribution >= 4 is 17.9 Å². The summed E-state index contributed by atoms with van der Waals surface area (Å²) in [6.45, 7) is 6.66. The van der Waals surface area contributed by atoms with E-state index in [9.17, 15) is 14.4 Å². The van der Waals surface area contributed by atoms with Gasteiger partial charge in [-0.1, -0.05) is 251 Å². The molecular weight excluding hydrogens is 757 g/mol. The van der Waals surface area contributed by atoms with Crippen LogP contribution < -0.4 is 0 Å². The van der Waals surface area contributed by atoms with Gasteiger partial charge in [0.2, 0.25) is 0 Å². The molecule has 0 heterocycles. The first-order chi connectivity index (χ1) is 30.0. The Kier molecular flexibility index (Phi) is 49.3. The van der Waals surface area contributed by atoms with Crippen molar-refractivity contribution in [3.63, 3.8) is 0 Å². The highest BCUT2D eigenvalue weighted by molar-refractivity contribution is 5.71. The summed E-state index contributed by atoms with van der Waals surface area (Å²) in [5, 5.41) is 0. The Labute approximate surface area is 380 Å². The quantitative estimate of drug-likeness (QED) is 0.0262. The summed E-state index contributed by atoms with van der Waals surface area (Å²) >= 11 is 0. The lowest BCUT2D eigenvalue weighted by Crippen LogP contribution is -2.30. The molecule has 0 radical (unpaired) electrons. The summed E-state index contributed by atoms with van der Waals surface area (Å²) in [5.41, 5.74) is 0. The molecule has 0 saturated carbocycles. The van der Waals surface area contributed by atoms with E-state index in [4.69, 9.17) is 14.2 Å². The van der Waals surface area contributed by atoms with Crippen molar-refractivity contribution in [1.29, 1.82) is 0 Å². The van der Waals surface area contributed by atoms with Crippen LogP contribution in [0, 0.1) is 0 Å². The largest absolute Gasteiger partial charge is 0.462 e. The van der Waals surface area contributed by atoms with Crippen LogP contribution in [-0.2, 0) is 28.6 Å². The standard InChI is InChI=1S/C55H104O6/c1-4-7-10-13-16-19-22-25-26-27-28-31-33-36-39-42-45-48-54(57)60-51-52(61-55(58)49-46-43-40-37-34-30-24-21-18-15-12-9-6-3)50-59-53(56)47-44-41-38-35-32-29-23-20-17-14-11-8-5-2/h21,24,52H,4-20,22-23,25-51H2,1-3H3/t52-/m1/s1. The SMILES string of the molecule is CCCCCCC=CCCCCCCCC(=O)O[C@H](COC(=O)CCCCCCCCCCCCCCC)COC(=O)CCCCCCCCCCCCCCCCCCC. The maximum Gasteiger partial charge on any atom is 0.306 e. The lowest BCUT2D eigenvalue weighted by molar-refractivity contribution is -0.167. The molecule has 0 bridgehead atoms. The van der Waals surface area contributed by atoms with Crippen molar-refractivity contribution in [2.75, 3.05) is 13.2 Å². The second-order valence-corrected chi connectivity index (χ2v) is 18.5. The first-order valence-corrected chi connectivity index (χ1v) is 27.2. The molecule has 0 aliphatic heterocycles. The number of ether oxygens (including phenoxy) is 3. The molecule has 6 heteroatoms. The molecule has 0 spiro atoms. The molecular formula is C55H104O6. The van der Waals surface area contributed by atoms with Crippen molar-refractivity contribution in [3.8, 4) is 0 Å². The highest BCUT2D eigenvalue weighted by Gasteiger charge is 2.19. The summed E-state index contributed by atoms with van der Waals surface area (Å²) in [6.07, 6.45) is 56.2. The molecule has 0 amide bonds. The number of hydrogen-bond donors (Lipinski definition) is 0. The summed E-state index contributed by atoms with van der Waals surface area (Å²) in [6, 6.07) is 0. The minimum atomic E-state index is -0.767. The smallest absolute Gasteiger partial charge is 0.306 e. The number of carbonyl (C=O) groups excluding carboxylic acids is 3. The molecule has 0 unspecified atom stereocenters. The van der Waals surface area contributed by atoms with Crippen molar-refractivity contribution in [2.24, 2.45) is 0 Å². The summed E-state index contributed by atoms with van der Waals surface area (Å²) < 4.78 is 16.8. The van der Waals surface area contributed by atoms with E-state index in [1.165, 1.54) is 199 Å². The molecule has 0 rings (SSSR count). The third kappa shape index (κ3) is 49.0. The number of allylic oxidation sites excluding steroid dienone is 2. The number of esters is 3. The van der Waals surface area contributed by atoms with Crippen molar-refractivity contribution in [1.82, 2.24) is 0 Å². The Morgan fingerprint density at radius 1 is 0.311 bits per heavy atom. The highest BCUT2D eigenvalue weighted by atomic mass is 16.6. The second kappa shape index (κ2) is 50.8. The average Bonchev–Trinajstić information content (AvgIpc) is 3.26. The molecule has 1 atom stereocenters. The third-order valence-electron chi connectivity index (χ3n) is 12.3. The van der Waals surface area contributed by atoms with Gasteiger partial charge in [0.15, 0.2) is 6.10 Å². The molecule has 0 aromatic rings. The summed E-state index contributed by atoms with van der Waals surface area (Å²) in [4.78, 5) is 38.0. The first-order valence-electron chi connectivity index (χ1n) is 27.2. The van der Waals surface area contributed by atoms with Crippen molar-refractivity contribution in [2.45, 2.75) is 309 Å². The van der Waals surface area contributed by atoms with Crippen molar-refractivity contribution < 1.29 is 28.6 Å². The molecule has 360 valence electrons. The van der Waals surface area contributed by atoms with Crippen LogP contribution in [0.4, 0.5) is 0 Å². The molecule has 6 nitrogen and oxygen atoms in total. The van der Waals surface area contributed by atoms with Gasteiger partial charge in [-0.05, 0) is 44.9 Å². The summed E-state index contributed by atoms with van der Waals surface area (Å²) in [7, 11) is 0. The van der Waals surface area contributed by atoms with Crippen molar-refractivity contribution in [3.05, 3.63) is 12.2 Å². The molecule has 0 aliphatic rings. The van der Waals surface area contributed by atoms with Crippen LogP contribution in [0.3, 0.4) is 0 Å². The number of hydrogen-bond acceptors (Lipinski definition) is 6. The van der Waals surface area contributed by atoms with E-state index >= 15 is 0 Å². The number of unbranched alkanes of at least 4 members (excludes halogenated alkanes) is 37. The fourth-order valence-corrected chi connectivity index (χ4v) is 8.14. The molecule has 0 aliphatic carbocycles. The van der Waals surface area contributed by atoms with Gasteiger partial charge < -0.3 is 14.2 Å². The fourth-order valence-electron chi connectivity index (χ4n) is 8.14. The predicted molar refractivity (Wildman–Crippen MR) is 261 cm³/mol. The Balaban J connectivity index is 4.30. The van der Waals surface area contributed by atoms with Gasteiger partial charge >= 0.3 is 17.9 Å². The van der Waals surface area contributed by atoms with Crippen LogP contribution in [0.5, 0.6) is 0 Å². The van der Waals surface area contributed by atoms with E-state index in [-0.39, 0.29) is 31.1 Å². The van der Waals surface area contributed by atoms with E-state index < -0.39 is 6.10 Å². The zero-order chi connectivity index (χ0) is 44.4. The van der Waals surface area contributed by atoms with Crippen LogP contribution in [0.25, 0.3) is 0 Å². The molecule has 0 saturated heterocycles. The number of carbonyl (C=O) groups is 3. The normalized spacial score (nSPS) is 12.0. The van der Waals surface area contributed by atoms with Crippen LogP contribution in [0.15, 0.2) is 12.2 Å². The molecule has 0 N–H and O–H groups in total. The lowest BCUT2D eigenvalue weighted by atomic mass is 10.0.